The van der Waals surface area contributed by atoms with Crippen molar-refractivity contribution < 1.29 is 0 Å². The first-order chi connectivity index (χ1) is 9.27. The van der Waals surface area contributed by atoms with Crippen LogP contribution in [0.4, 0.5) is 5.95 Å². The van der Waals surface area contributed by atoms with Crippen LogP contribution in [-0.4, -0.2) is 15.0 Å². The average Bonchev–Trinajstić information content (AvgIpc) is 2.32. The largest absolute Gasteiger partial charge is 0.368 e. The van der Waals surface area contributed by atoms with Crippen molar-refractivity contribution >= 4 is 5.95 Å². The fourth-order valence-electron chi connectivity index (χ4n) is 2.29. The van der Waals surface area contributed by atoms with E-state index in [1.54, 1.807) is 0 Å². The summed E-state index contributed by atoms with van der Waals surface area (Å²) in [5.41, 5.74) is 10.9. The van der Waals surface area contributed by atoms with Gasteiger partial charge in [0, 0.05) is 6.42 Å². The fourth-order valence-corrected chi connectivity index (χ4v) is 2.29. The van der Waals surface area contributed by atoms with Crippen molar-refractivity contribution in [3.8, 4) is 0 Å². The molecule has 0 aliphatic carbocycles. The SMILES string of the molecule is Cc1cc(C(C)(C)C)cc(C)c1Cc1ncnc(N)n1. The van der Waals surface area contributed by atoms with Gasteiger partial charge >= 0.3 is 0 Å². The maximum absolute atomic E-state index is 5.61. The van der Waals surface area contributed by atoms with Crippen LogP contribution in [-0.2, 0) is 11.8 Å². The van der Waals surface area contributed by atoms with Crippen molar-refractivity contribution in [1.82, 2.24) is 15.0 Å². The quantitative estimate of drug-likeness (QED) is 0.911. The number of benzene rings is 1. The molecule has 2 N–H and O–H groups in total. The van der Waals surface area contributed by atoms with Crippen molar-refractivity contribution in [2.45, 2.75) is 46.5 Å². The summed E-state index contributed by atoms with van der Waals surface area (Å²) in [6.45, 7) is 11.0. The van der Waals surface area contributed by atoms with Crippen LogP contribution in [0.25, 0.3) is 0 Å². The van der Waals surface area contributed by atoms with Crippen LogP contribution in [0.3, 0.4) is 0 Å². The van der Waals surface area contributed by atoms with Crippen LogP contribution in [0, 0.1) is 13.8 Å². The van der Waals surface area contributed by atoms with Crippen molar-refractivity contribution in [3.63, 3.8) is 0 Å². The summed E-state index contributed by atoms with van der Waals surface area (Å²) in [5, 5.41) is 0. The molecular formula is C16H22N4. The molecule has 0 saturated heterocycles. The zero-order valence-electron chi connectivity index (χ0n) is 12.9. The van der Waals surface area contributed by atoms with Gasteiger partial charge in [0.1, 0.15) is 12.2 Å². The van der Waals surface area contributed by atoms with Gasteiger partial charge in [0.05, 0.1) is 0 Å². The number of rotatable bonds is 2. The van der Waals surface area contributed by atoms with Crippen LogP contribution in [0.1, 0.15) is 48.8 Å². The van der Waals surface area contributed by atoms with Gasteiger partial charge in [0.15, 0.2) is 0 Å². The number of hydrogen-bond donors (Lipinski definition) is 1. The summed E-state index contributed by atoms with van der Waals surface area (Å²) >= 11 is 0. The molecule has 4 nitrogen and oxygen atoms in total. The lowest BCUT2D eigenvalue weighted by molar-refractivity contribution is 0.588. The molecule has 0 unspecified atom stereocenters. The Hall–Kier alpha value is -1.97. The molecule has 106 valence electrons. The van der Waals surface area contributed by atoms with Crippen LogP contribution >= 0.6 is 0 Å². The summed E-state index contributed by atoms with van der Waals surface area (Å²) < 4.78 is 0. The van der Waals surface area contributed by atoms with Gasteiger partial charge in [0.2, 0.25) is 5.95 Å². The predicted molar refractivity (Wildman–Crippen MR) is 81.7 cm³/mol. The van der Waals surface area contributed by atoms with Gasteiger partial charge in [-0.05, 0) is 41.5 Å². The number of nitrogens with two attached hydrogens (primary N) is 1. The highest BCUT2D eigenvalue weighted by atomic mass is 15.1. The zero-order valence-corrected chi connectivity index (χ0v) is 12.9. The summed E-state index contributed by atoms with van der Waals surface area (Å²) in [6.07, 6.45) is 2.15. The highest BCUT2D eigenvalue weighted by Crippen LogP contribution is 2.27. The van der Waals surface area contributed by atoms with Crippen molar-refractivity contribution in [2.24, 2.45) is 0 Å². The molecule has 2 aromatic rings. The third-order valence-corrected chi connectivity index (χ3v) is 3.54. The molecule has 0 radical (unpaired) electrons. The molecule has 0 saturated carbocycles. The second-order valence-corrected chi connectivity index (χ2v) is 6.28. The van der Waals surface area contributed by atoms with Gasteiger partial charge in [-0.15, -0.1) is 0 Å². The molecule has 0 spiro atoms. The Balaban J connectivity index is 2.38. The summed E-state index contributed by atoms with van der Waals surface area (Å²) in [6, 6.07) is 4.51. The molecule has 0 bridgehead atoms. The van der Waals surface area contributed by atoms with E-state index in [1.807, 2.05) is 0 Å². The maximum Gasteiger partial charge on any atom is 0.223 e. The molecule has 2 rings (SSSR count). The van der Waals surface area contributed by atoms with Gasteiger partial charge in [-0.1, -0.05) is 32.9 Å². The highest BCUT2D eigenvalue weighted by molar-refractivity contribution is 5.41. The number of nitrogens with zero attached hydrogens (tertiary/aromatic N) is 3. The molecule has 0 amide bonds. The summed E-state index contributed by atoms with van der Waals surface area (Å²) in [4.78, 5) is 12.2. The van der Waals surface area contributed by atoms with E-state index in [0.29, 0.717) is 12.2 Å². The number of anilines is 1. The number of aryl methyl sites for hydroxylation is 2. The topological polar surface area (TPSA) is 64.7 Å². The molecule has 0 atom stereocenters. The van der Waals surface area contributed by atoms with E-state index in [0.717, 1.165) is 0 Å². The smallest absolute Gasteiger partial charge is 0.223 e. The first kappa shape index (κ1) is 14.4. The zero-order chi connectivity index (χ0) is 14.9. The van der Waals surface area contributed by atoms with Gasteiger partial charge in [-0.25, -0.2) is 9.97 Å². The molecule has 0 aliphatic rings. The first-order valence-electron chi connectivity index (χ1n) is 6.81. The Morgan fingerprint density at radius 3 is 2.15 bits per heavy atom. The average molecular weight is 270 g/mol. The lowest BCUT2D eigenvalue weighted by Crippen LogP contribution is -2.13. The van der Waals surface area contributed by atoms with Gasteiger partial charge in [-0.2, -0.15) is 4.98 Å². The van der Waals surface area contributed by atoms with Crippen molar-refractivity contribution in [1.29, 1.82) is 0 Å². The molecule has 4 heteroatoms. The van der Waals surface area contributed by atoms with E-state index < -0.39 is 0 Å². The van der Waals surface area contributed by atoms with E-state index in [1.165, 1.54) is 28.6 Å². The third-order valence-electron chi connectivity index (χ3n) is 3.54. The monoisotopic (exact) mass is 270 g/mol. The van der Waals surface area contributed by atoms with Crippen molar-refractivity contribution in [2.75, 3.05) is 5.73 Å². The predicted octanol–water partition coefficient (Wildman–Crippen LogP) is 2.96. The van der Waals surface area contributed by atoms with Gasteiger partial charge in [-0.3, -0.25) is 0 Å². The van der Waals surface area contributed by atoms with Crippen molar-refractivity contribution in [3.05, 3.63) is 46.5 Å². The van der Waals surface area contributed by atoms with Crippen LogP contribution in [0.2, 0.25) is 0 Å². The molecule has 1 aromatic carbocycles. The summed E-state index contributed by atoms with van der Waals surface area (Å²) in [7, 11) is 0. The van der Waals surface area contributed by atoms with E-state index in [2.05, 4.69) is 61.7 Å². The maximum atomic E-state index is 5.61. The molecule has 1 heterocycles. The molecule has 1 aromatic heterocycles. The second kappa shape index (κ2) is 5.19. The highest BCUT2D eigenvalue weighted by Gasteiger charge is 2.16. The van der Waals surface area contributed by atoms with Gasteiger partial charge < -0.3 is 5.73 Å². The standard InChI is InChI=1S/C16H22N4/c1-10-6-12(16(3,4)5)7-11(2)13(10)8-14-18-9-19-15(17)20-14/h6-7,9H,8H2,1-5H3,(H2,17,18,19,20). The Morgan fingerprint density at radius 1 is 1.05 bits per heavy atom. The minimum Gasteiger partial charge on any atom is -0.368 e. The minimum absolute atomic E-state index is 0.158. The number of hydrogen-bond acceptors (Lipinski definition) is 4. The van der Waals surface area contributed by atoms with Gasteiger partial charge in [0.25, 0.3) is 0 Å². The Morgan fingerprint density at radius 2 is 1.65 bits per heavy atom. The first-order valence-corrected chi connectivity index (χ1v) is 6.81. The normalized spacial score (nSPS) is 11.7. The molecular weight excluding hydrogens is 248 g/mol. The number of aromatic nitrogens is 3. The minimum atomic E-state index is 0.158. The summed E-state index contributed by atoms with van der Waals surface area (Å²) in [5.74, 6) is 0.990. The molecule has 20 heavy (non-hydrogen) atoms. The van der Waals surface area contributed by atoms with Crippen LogP contribution in [0.15, 0.2) is 18.5 Å². The Bertz CT molecular complexity index is 604. The number of nitrogen functional groups attached to an aromatic ring is 1. The Labute approximate surface area is 120 Å². The Kier molecular flexibility index (Phi) is 3.75. The van der Waals surface area contributed by atoms with Crippen LogP contribution in [0.5, 0.6) is 0 Å². The lowest BCUT2D eigenvalue weighted by Gasteiger charge is -2.22. The lowest BCUT2D eigenvalue weighted by atomic mass is 9.83. The van der Waals surface area contributed by atoms with E-state index in [9.17, 15) is 0 Å². The van der Waals surface area contributed by atoms with E-state index in [4.69, 9.17) is 5.73 Å². The molecule has 0 fully saturated rings. The van der Waals surface area contributed by atoms with Crippen LogP contribution < -0.4 is 5.73 Å². The van der Waals surface area contributed by atoms with E-state index in [-0.39, 0.29) is 11.4 Å². The third kappa shape index (κ3) is 3.13. The molecule has 0 aliphatic heterocycles. The fraction of sp³-hybridized carbons (Fsp3) is 0.438. The van der Waals surface area contributed by atoms with E-state index >= 15 is 0 Å². The second-order valence-electron chi connectivity index (χ2n) is 6.28.